The molecule has 2 aromatic rings. The van der Waals surface area contributed by atoms with Crippen molar-refractivity contribution >= 4 is 22.9 Å². The molecule has 0 fully saturated rings. The Hall–Kier alpha value is -2.00. The molecule has 106 valence electrons. The smallest absolute Gasteiger partial charge is 0.264 e. The highest BCUT2D eigenvalue weighted by molar-refractivity contribution is 7.11. The summed E-state index contributed by atoms with van der Waals surface area (Å²) in [6, 6.07) is 0.759. The molecular formula is C11H9F3N4OS. The third kappa shape index (κ3) is 2.78. The minimum absolute atomic E-state index is 0.0157. The number of aromatic nitrogens is 2. The Morgan fingerprint density at radius 3 is 2.70 bits per heavy atom. The number of hydrazine groups is 1. The van der Waals surface area contributed by atoms with E-state index >= 15 is 0 Å². The van der Waals surface area contributed by atoms with E-state index in [1.165, 1.54) is 0 Å². The van der Waals surface area contributed by atoms with E-state index in [9.17, 15) is 18.0 Å². The Balaban J connectivity index is 2.39. The van der Waals surface area contributed by atoms with Crippen LogP contribution in [0.5, 0.6) is 0 Å². The first kappa shape index (κ1) is 14.4. The number of aryl methyl sites for hydroxylation is 1. The van der Waals surface area contributed by atoms with E-state index in [4.69, 9.17) is 5.84 Å². The molecular weight excluding hydrogens is 293 g/mol. The Morgan fingerprint density at radius 1 is 1.45 bits per heavy atom. The lowest BCUT2D eigenvalue weighted by molar-refractivity contribution is -0.137. The molecule has 0 radical (unpaired) electrons. The van der Waals surface area contributed by atoms with Gasteiger partial charge in [0.15, 0.2) is 5.01 Å². The van der Waals surface area contributed by atoms with Crippen molar-refractivity contribution in [1.82, 2.24) is 9.97 Å². The Bertz CT molecular complexity index is 641. The minimum atomic E-state index is -4.63. The molecule has 0 spiro atoms. The lowest BCUT2D eigenvalue weighted by atomic mass is 10.2. The average Bonchev–Trinajstić information content (AvgIpc) is 2.83. The normalized spacial score (nSPS) is 11.4. The topological polar surface area (TPSA) is 72.1 Å². The summed E-state index contributed by atoms with van der Waals surface area (Å²) < 4.78 is 38.5. The number of carbonyl (C=O) groups excluding carboxylic acids is 1. The lowest BCUT2D eigenvalue weighted by Crippen LogP contribution is -2.39. The molecule has 0 saturated heterocycles. The second-order valence-electron chi connectivity index (χ2n) is 3.86. The number of pyridine rings is 1. The molecule has 2 aromatic heterocycles. The maximum atomic E-state index is 12.8. The number of alkyl halides is 3. The summed E-state index contributed by atoms with van der Waals surface area (Å²) in [6.07, 6.45) is -2.76. The van der Waals surface area contributed by atoms with Crippen molar-refractivity contribution in [2.24, 2.45) is 5.84 Å². The summed E-state index contributed by atoms with van der Waals surface area (Å²) >= 11 is 1.01. The number of thiazole rings is 1. The maximum absolute atomic E-state index is 12.8. The molecule has 0 saturated carbocycles. The minimum Gasteiger partial charge on any atom is -0.264 e. The van der Waals surface area contributed by atoms with Crippen molar-refractivity contribution in [2.45, 2.75) is 13.1 Å². The monoisotopic (exact) mass is 302 g/mol. The molecule has 0 aliphatic carbocycles. The number of anilines is 1. The number of amides is 1. The molecule has 1 amide bonds. The Morgan fingerprint density at radius 2 is 2.15 bits per heavy atom. The summed E-state index contributed by atoms with van der Waals surface area (Å²) in [5.74, 6) is 4.67. The average molecular weight is 302 g/mol. The fourth-order valence-corrected chi connectivity index (χ4v) is 2.21. The van der Waals surface area contributed by atoms with Crippen molar-refractivity contribution in [1.29, 1.82) is 0 Å². The van der Waals surface area contributed by atoms with Crippen LogP contribution in [0.4, 0.5) is 18.9 Å². The van der Waals surface area contributed by atoms with Crippen LogP contribution in [0.1, 0.15) is 21.1 Å². The van der Waals surface area contributed by atoms with Crippen LogP contribution in [-0.4, -0.2) is 15.9 Å². The summed E-state index contributed by atoms with van der Waals surface area (Å²) in [5, 5.41) is 2.03. The first-order valence-corrected chi connectivity index (χ1v) is 6.21. The first-order chi connectivity index (χ1) is 9.30. The second kappa shape index (κ2) is 5.17. The van der Waals surface area contributed by atoms with Gasteiger partial charge in [0, 0.05) is 17.3 Å². The van der Waals surface area contributed by atoms with Crippen LogP contribution >= 0.6 is 11.3 Å². The van der Waals surface area contributed by atoms with Crippen LogP contribution in [0.15, 0.2) is 23.8 Å². The number of hydrogen-bond acceptors (Lipinski definition) is 5. The van der Waals surface area contributed by atoms with Gasteiger partial charge in [-0.3, -0.25) is 9.78 Å². The van der Waals surface area contributed by atoms with Gasteiger partial charge in [-0.25, -0.2) is 15.8 Å². The van der Waals surface area contributed by atoms with E-state index in [1.54, 1.807) is 12.3 Å². The van der Waals surface area contributed by atoms with Gasteiger partial charge in [0.1, 0.15) is 0 Å². The zero-order chi connectivity index (χ0) is 14.9. The van der Waals surface area contributed by atoms with Crippen molar-refractivity contribution in [3.63, 3.8) is 0 Å². The number of carbonyl (C=O) groups is 1. The summed E-state index contributed by atoms with van der Waals surface area (Å²) in [5.41, 5.74) is -0.955. The number of nitrogens with two attached hydrogens (primary N) is 1. The fourth-order valence-electron chi connectivity index (χ4n) is 1.48. The van der Waals surface area contributed by atoms with Crippen LogP contribution < -0.4 is 10.9 Å². The zero-order valence-corrected chi connectivity index (χ0v) is 11.0. The molecule has 20 heavy (non-hydrogen) atoms. The van der Waals surface area contributed by atoms with Gasteiger partial charge in [0.25, 0.3) is 0 Å². The van der Waals surface area contributed by atoms with Gasteiger partial charge in [-0.1, -0.05) is 0 Å². The molecule has 0 aromatic carbocycles. The van der Waals surface area contributed by atoms with E-state index in [1.807, 2.05) is 0 Å². The van der Waals surface area contributed by atoms with Gasteiger partial charge in [0.2, 0.25) is 0 Å². The molecule has 0 aliphatic rings. The summed E-state index contributed by atoms with van der Waals surface area (Å²) in [7, 11) is 0. The number of nitrogens with zero attached hydrogens (tertiary/aromatic N) is 3. The third-order valence-corrected chi connectivity index (χ3v) is 3.33. The predicted octanol–water partition coefficient (Wildman–Crippen LogP) is 2.39. The third-order valence-electron chi connectivity index (χ3n) is 2.39. The quantitative estimate of drug-likeness (QED) is 0.525. The van der Waals surface area contributed by atoms with E-state index in [0.717, 1.165) is 29.8 Å². The molecule has 0 atom stereocenters. The number of halogens is 3. The SMILES string of the molecule is Cc1csc(C(=O)N(N)c2cnccc2C(F)(F)F)n1. The predicted molar refractivity (Wildman–Crippen MR) is 67.1 cm³/mol. The van der Waals surface area contributed by atoms with Gasteiger partial charge >= 0.3 is 12.1 Å². The second-order valence-corrected chi connectivity index (χ2v) is 4.72. The van der Waals surface area contributed by atoms with E-state index in [0.29, 0.717) is 10.7 Å². The number of rotatable bonds is 2. The first-order valence-electron chi connectivity index (χ1n) is 5.33. The highest BCUT2D eigenvalue weighted by Crippen LogP contribution is 2.35. The Labute approximate surface area is 115 Å². The molecule has 0 unspecified atom stereocenters. The molecule has 0 aliphatic heterocycles. The van der Waals surface area contributed by atoms with Crippen LogP contribution in [0, 0.1) is 6.92 Å². The molecule has 2 rings (SSSR count). The largest absolute Gasteiger partial charge is 0.418 e. The highest BCUT2D eigenvalue weighted by Gasteiger charge is 2.36. The standard InChI is InChI=1S/C11H9F3N4OS/c1-6-5-20-9(17-6)10(19)18(15)8-4-16-3-2-7(8)11(12,13)14/h2-5H,15H2,1H3. The zero-order valence-electron chi connectivity index (χ0n) is 10.2. The molecule has 9 heteroatoms. The van der Waals surface area contributed by atoms with Crippen LogP contribution in [-0.2, 0) is 6.18 Å². The van der Waals surface area contributed by atoms with E-state index in [-0.39, 0.29) is 5.01 Å². The summed E-state index contributed by atoms with van der Waals surface area (Å²) in [4.78, 5) is 19.5. The van der Waals surface area contributed by atoms with Gasteiger partial charge in [-0.2, -0.15) is 13.2 Å². The molecule has 5 nitrogen and oxygen atoms in total. The Kier molecular flexibility index (Phi) is 3.73. The van der Waals surface area contributed by atoms with Gasteiger partial charge < -0.3 is 0 Å². The van der Waals surface area contributed by atoms with Crippen LogP contribution in [0.2, 0.25) is 0 Å². The molecule has 2 N–H and O–H groups in total. The highest BCUT2D eigenvalue weighted by atomic mass is 32.1. The molecule has 2 heterocycles. The van der Waals surface area contributed by atoms with Crippen molar-refractivity contribution in [3.05, 3.63) is 40.1 Å². The van der Waals surface area contributed by atoms with Crippen LogP contribution in [0.3, 0.4) is 0 Å². The van der Waals surface area contributed by atoms with E-state index in [2.05, 4.69) is 9.97 Å². The van der Waals surface area contributed by atoms with Crippen LogP contribution in [0.25, 0.3) is 0 Å². The van der Waals surface area contributed by atoms with Crippen molar-refractivity contribution < 1.29 is 18.0 Å². The van der Waals surface area contributed by atoms with Gasteiger partial charge in [-0.05, 0) is 13.0 Å². The maximum Gasteiger partial charge on any atom is 0.418 e. The number of hydrogen-bond donors (Lipinski definition) is 1. The lowest BCUT2D eigenvalue weighted by Gasteiger charge is -2.19. The molecule has 0 bridgehead atoms. The van der Waals surface area contributed by atoms with Gasteiger partial charge in [-0.15, -0.1) is 11.3 Å². The van der Waals surface area contributed by atoms with E-state index < -0.39 is 23.3 Å². The summed E-state index contributed by atoms with van der Waals surface area (Å²) in [6.45, 7) is 1.67. The fraction of sp³-hybridized carbons (Fsp3) is 0.182. The van der Waals surface area contributed by atoms with Gasteiger partial charge in [0.05, 0.1) is 17.4 Å². The van der Waals surface area contributed by atoms with Crippen molar-refractivity contribution in [2.75, 3.05) is 5.01 Å². The van der Waals surface area contributed by atoms with Crippen molar-refractivity contribution in [3.8, 4) is 0 Å².